The lowest BCUT2D eigenvalue weighted by atomic mass is 9.86. The normalized spacial score (nSPS) is 15.5. The molecule has 0 saturated carbocycles. The van der Waals surface area contributed by atoms with Gasteiger partial charge in [0, 0.05) is 10.0 Å². The number of benzene rings is 2. The first-order chi connectivity index (χ1) is 15.3. The van der Waals surface area contributed by atoms with E-state index >= 15 is 0 Å². The molecule has 0 fully saturated rings. The van der Waals surface area contributed by atoms with Crippen molar-refractivity contribution in [3.05, 3.63) is 96.7 Å². The molecule has 1 aliphatic rings. The van der Waals surface area contributed by atoms with E-state index in [0.29, 0.717) is 26.9 Å². The maximum absolute atomic E-state index is 12.8. The summed E-state index contributed by atoms with van der Waals surface area (Å²) in [5, 5.41) is 1.17. The third-order valence-corrected chi connectivity index (χ3v) is 5.64. The molecular formula is C22H14Cl2N4O4. The van der Waals surface area contributed by atoms with E-state index in [9.17, 15) is 9.59 Å². The van der Waals surface area contributed by atoms with Gasteiger partial charge in [0.15, 0.2) is 0 Å². The van der Waals surface area contributed by atoms with E-state index < -0.39 is 17.5 Å². The molecule has 10 heteroatoms. The van der Waals surface area contributed by atoms with Crippen LogP contribution >= 0.6 is 23.2 Å². The summed E-state index contributed by atoms with van der Waals surface area (Å²) in [6, 6.07) is 13.5. The second kappa shape index (κ2) is 7.44. The Balaban J connectivity index is 1.89. The predicted molar refractivity (Wildman–Crippen MR) is 119 cm³/mol. The molecule has 2 aromatic heterocycles. The van der Waals surface area contributed by atoms with Gasteiger partial charge in [-0.15, -0.1) is 0 Å². The van der Waals surface area contributed by atoms with Gasteiger partial charge in [-0.05, 0) is 41.5 Å². The van der Waals surface area contributed by atoms with Crippen LogP contribution in [0.25, 0.3) is 17.5 Å². The van der Waals surface area contributed by atoms with Crippen molar-refractivity contribution in [1.82, 2.24) is 9.55 Å². The van der Waals surface area contributed by atoms with E-state index in [0.717, 1.165) is 0 Å². The number of fused-ring (bicyclic) bond motifs is 3. The number of anilines is 1. The number of nitrogen functional groups attached to an aromatic ring is 1. The van der Waals surface area contributed by atoms with E-state index in [2.05, 4.69) is 4.98 Å². The highest BCUT2D eigenvalue weighted by atomic mass is 35.5. The second-order valence-corrected chi connectivity index (χ2v) is 7.99. The number of halogens is 2. The smallest absolute Gasteiger partial charge is 0.362 e. The number of primary amides is 1. The summed E-state index contributed by atoms with van der Waals surface area (Å²) in [7, 11) is 0. The van der Waals surface area contributed by atoms with Crippen LogP contribution in [0.5, 0.6) is 0 Å². The summed E-state index contributed by atoms with van der Waals surface area (Å²) in [6.45, 7) is 0. The summed E-state index contributed by atoms with van der Waals surface area (Å²) in [5.41, 5.74) is 12.5. The van der Waals surface area contributed by atoms with E-state index in [1.807, 2.05) is 0 Å². The molecule has 0 saturated heterocycles. The molecule has 0 aliphatic carbocycles. The quantitative estimate of drug-likeness (QED) is 0.472. The van der Waals surface area contributed by atoms with Crippen LogP contribution in [0.4, 0.5) is 6.01 Å². The van der Waals surface area contributed by atoms with Crippen molar-refractivity contribution in [3.63, 3.8) is 0 Å². The zero-order valence-corrected chi connectivity index (χ0v) is 17.7. The number of rotatable bonds is 3. The standard InChI is InChI=1S/C22H14Cl2N4O4/c23-12-5-1-10(2-6-12)9-14-21(30)31-19-16(18(25)29)15(11-3-7-13(24)8-4-11)17-20(28(14)19)32-22(26)27-17/h1-9,15H,(H2,25,29)(H2,26,27)/b14-9+. The van der Waals surface area contributed by atoms with Gasteiger partial charge in [-0.3, -0.25) is 4.79 Å². The molecule has 1 unspecified atom stereocenters. The van der Waals surface area contributed by atoms with Crippen LogP contribution in [0.15, 0.2) is 62.2 Å². The number of nitrogens with two attached hydrogens (primary N) is 2. The molecule has 4 N–H and O–H groups in total. The largest absolute Gasteiger partial charge is 0.406 e. The van der Waals surface area contributed by atoms with Gasteiger partial charge in [0.25, 0.3) is 11.9 Å². The molecule has 160 valence electrons. The molecule has 8 nitrogen and oxygen atoms in total. The molecule has 1 amide bonds. The van der Waals surface area contributed by atoms with Crippen LogP contribution in [0, 0.1) is 0 Å². The minimum Gasteiger partial charge on any atom is -0.406 e. The molecule has 0 spiro atoms. The molecule has 0 bridgehead atoms. The first-order valence-electron chi connectivity index (χ1n) is 9.38. The van der Waals surface area contributed by atoms with E-state index in [1.165, 1.54) is 4.57 Å². The average Bonchev–Trinajstić information content (AvgIpc) is 3.28. The van der Waals surface area contributed by atoms with Crippen molar-refractivity contribution < 1.29 is 13.6 Å². The van der Waals surface area contributed by atoms with Gasteiger partial charge in [-0.25, -0.2) is 9.36 Å². The van der Waals surface area contributed by atoms with Gasteiger partial charge in [0.2, 0.25) is 11.4 Å². The number of aromatic nitrogens is 2. The summed E-state index contributed by atoms with van der Waals surface area (Å²) >= 11 is 12.0. The molecule has 0 radical (unpaired) electrons. The number of carbonyl (C=O) groups is 1. The maximum atomic E-state index is 12.8. The Bertz CT molecular complexity index is 1550. The Morgan fingerprint density at radius 2 is 1.66 bits per heavy atom. The highest BCUT2D eigenvalue weighted by Crippen LogP contribution is 2.38. The number of carbonyl (C=O) groups excluding carboxylic acids is 1. The minimum atomic E-state index is -0.780. The molecular weight excluding hydrogens is 455 g/mol. The number of oxazole rings is 2. The first kappa shape index (κ1) is 20.2. The fourth-order valence-corrected chi connectivity index (χ4v) is 4.03. The molecule has 1 atom stereocenters. The average molecular weight is 469 g/mol. The zero-order chi connectivity index (χ0) is 22.6. The lowest BCUT2D eigenvalue weighted by molar-refractivity contribution is -0.113. The Kier molecular flexibility index (Phi) is 4.69. The van der Waals surface area contributed by atoms with Gasteiger partial charge in [0.05, 0.1) is 11.5 Å². The zero-order valence-electron chi connectivity index (χ0n) is 16.2. The Hall–Kier alpha value is -3.75. The third kappa shape index (κ3) is 3.21. The molecule has 5 rings (SSSR count). The highest BCUT2D eigenvalue weighted by molar-refractivity contribution is 6.30. The SMILES string of the molecule is NC(=O)C1=c2oc(=O)/c(=C\c3ccc(Cl)cc3)n2-c2oc(N)nc2C1c1ccc(Cl)cc1. The molecule has 1 aliphatic heterocycles. The summed E-state index contributed by atoms with van der Waals surface area (Å²) in [4.78, 5) is 29.7. The lowest BCUT2D eigenvalue weighted by Crippen LogP contribution is -2.38. The number of amides is 1. The third-order valence-electron chi connectivity index (χ3n) is 5.13. The summed E-state index contributed by atoms with van der Waals surface area (Å²) < 4.78 is 12.5. The second-order valence-electron chi connectivity index (χ2n) is 7.12. The van der Waals surface area contributed by atoms with Gasteiger partial charge in [-0.2, -0.15) is 4.98 Å². The molecule has 4 aromatic rings. The number of hydrogen-bond donors (Lipinski definition) is 2. The van der Waals surface area contributed by atoms with Crippen LogP contribution in [-0.4, -0.2) is 15.5 Å². The van der Waals surface area contributed by atoms with Crippen molar-refractivity contribution in [2.75, 3.05) is 5.73 Å². The Morgan fingerprint density at radius 1 is 1.03 bits per heavy atom. The fourth-order valence-electron chi connectivity index (χ4n) is 3.78. The monoisotopic (exact) mass is 468 g/mol. The lowest BCUT2D eigenvalue weighted by Gasteiger charge is -2.21. The summed E-state index contributed by atoms with van der Waals surface area (Å²) in [5.74, 6) is -1.39. The van der Waals surface area contributed by atoms with Crippen LogP contribution in [-0.2, 0) is 4.79 Å². The Morgan fingerprint density at radius 3 is 2.28 bits per heavy atom. The van der Waals surface area contributed by atoms with E-state index in [4.69, 9.17) is 43.5 Å². The van der Waals surface area contributed by atoms with Crippen molar-refractivity contribution >= 4 is 46.8 Å². The van der Waals surface area contributed by atoms with Crippen LogP contribution in [0.1, 0.15) is 22.7 Å². The molecule has 3 heterocycles. The van der Waals surface area contributed by atoms with Crippen molar-refractivity contribution in [2.45, 2.75) is 5.92 Å². The predicted octanol–water partition coefficient (Wildman–Crippen LogP) is 1.92. The number of nitrogens with zero attached hydrogens (tertiary/aromatic N) is 2. The minimum absolute atomic E-state index is 0.0426. The highest BCUT2D eigenvalue weighted by Gasteiger charge is 2.38. The van der Waals surface area contributed by atoms with Crippen LogP contribution in [0.3, 0.4) is 0 Å². The Labute approximate surface area is 190 Å². The molecule has 32 heavy (non-hydrogen) atoms. The van der Waals surface area contributed by atoms with Gasteiger partial charge in [-0.1, -0.05) is 47.5 Å². The molecule has 2 aromatic carbocycles. The fraction of sp³-hybridized carbons (Fsp3) is 0.0455. The maximum Gasteiger partial charge on any atom is 0.362 e. The van der Waals surface area contributed by atoms with Crippen molar-refractivity contribution in [3.8, 4) is 5.88 Å². The van der Waals surface area contributed by atoms with Gasteiger partial charge in [0.1, 0.15) is 11.0 Å². The van der Waals surface area contributed by atoms with Crippen LogP contribution in [0.2, 0.25) is 10.0 Å². The summed E-state index contributed by atoms with van der Waals surface area (Å²) in [6.07, 6.45) is 1.58. The van der Waals surface area contributed by atoms with E-state index in [1.54, 1.807) is 54.6 Å². The van der Waals surface area contributed by atoms with Gasteiger partial charge >= 0.3 is 5.63 Å². The van der Waals surface area contributed by atoms with Crippen LogP contribution < -0.4 is 28.0 Å². The van der Waals surface area contributed by atoms with Gasteiger partial charge < -0.3 is 20.3 Å². The van der Waals surface area contributed by atoms with Crippen molar-refractivity contribution in [2.24, 2.45) is 5.73 Å². The first-order valence-corrected chi connectivity index (χ1v) is 10.1. The topological polar surface area (TPSA) is 130 Å². The number of hydrogen-bond acceptors (Lipinski definition) is 6. The van der Waals surface area contributed by atoms with Crippen molar-refractivity contribution in [1.29, 1.82) is 0 Å². The van der Waals surface area contributed by atoms with E-state index in [-0.39, 0.29) is 28.4 Å².